The monoisotopic (exact) mass is 364 g/mol. The fourth-order valence-corrected chi connectivity index (χ4v) is 4.31. The first-order valence-corrected chi connectivity index (χ1v) is 10.0. The molecule has 2 fully saturated rings. The van der Waals surface area contributed by atoms with Gasteiger partial charge in [0.05, 0.1) is 18.6 Å². The molecule has 2 aromatic carbocycles. The molecule has 27 heavy (non-hydrogen) atoms. The van der Waals surface area contributed by atoms with Crippen molar-refractivity contribution in [3.63, 3.8) is 0 Å². The Morgan fingerprint density at radius 2 is 1.56 bits per heavy atom. The molecule has 2 aliphatic heterocycles. The summed E-state index contributed by atoms with van der Waals surface area (Å²) in [5.41, 5.74) is 3.37. The maximum Gasteiger partial charge on any atom is 0.227 e. The first-order chi connectivity index (χ1) is 13.2. The number of aliphatic hydroxyl groups is 1. The Hall–Kier alpha value is -2.17. The molecule has 1 N–H and O–H groups in total. The number of carbonyl (C=O) groups is 1. The molecule has 2 heterocycles. The SMILES string of the molecule is O=C(Cc1ccc(-c2ccccc2)cc1)N1C[C@H](O)[C@@H](N2CCCCC2)C1. The van der Waals surface area contributed by atoms with Crippen LogP contribution >= 0.6 is 0 Å². The van der Waals surface area contributed by atoms with E-state index in [0.717, 1.165) is 24.2 Å². The number of amides is 1. The molecule has 142 valence electrons. The summed E-state index contributed by atoms with van der Waals surface area (Å²) in [5.74, 6) is 0.112. The van der Waals surface area contributed by atoms with Crippen molar-refractivity contribution in [1.82, 2.24) is 9.80 Å². The van der Waals surface area contributed by atoms with Gasteiger partial charge in [0.2, 0.25) is 5.91 Å². The highest BCUT2D eigenvalue weighted by molar-refractivity contribution is 5.79. The predicted octanol–water partition coefficient (Wildman–Crippen LogP) is 2.95. The molecule has 2 saturated heterocycles. The summed E-state index contributed by atoms with van der Waals surface area (Å²) in [6.45, 7) is 3.21. The highest BCUT2D eigenvalue weighted by Gasteiger charge is 2.37. The van der Waals surface area contributed by atoms with E-state index in [9.17, 15) is 9.90 Å². The second kappa shape index (κ2) is 8.24. The van der Waals surface area contributed by atoms with Crippen LogP contribution in [0, 0.1) is 0 Å². The van der Waals surface area contributed by atoms with Crippen LogP contribution in [0.3, 0.4) is 0 Å². The standard InChI is InChI=1S/C23H28N2O2/c26-22-17-25(16-21(22)24-13-5-2-6-14-24)23(27)15-18-9-11-20(12-10-18)19-7-3-1-4-8-19/h1,3-4,7-12,21-22,26H,2,5-6,13-17H2/t21-,22-/m0/s1. The molecule has 0 unspecified atom stereocenters. The maximum atomic E-state index is 12.7. The van der Waals surface area contributed by atoms with Crippen LogP contribution in [0.5, 0.6) is 0 Å². The molecule has 4 rings (SSSR count). The molecule has 2 aliphatic rings. The number of benzene rings is 2. The summed E-state index contributed by atoms with van der Waals surface area (Å²) >= 11 is 0. The summed E-state index contributed by atoms with van der Waals surface area (Å²) < 4.78 is 0. The van der Waals surface area contributed by atoms with Crippen LogP contribution in [0.15, 0.2) is 54.6 Å². The van der Waals surface area contributed by atoms with Crippen LogP contribution < -0.4 is 0 Å². The Morgan fingerprint density at radius 3 is 2.26 bits per heavy atom. The van der Waals surface area contributed by atoms with Crippen LogP contribution in [0.25, 0.3) is 11.1 Å². The van der Waals surface area contributed by atoms with Crippen molar-refractivity contribution in [3.8, 4) is 11.1 Å². The van der Waals surface area contributed by atoms with E-state index in [4.69, 9.17) is 0 Å². The Balaban J connectivity index is 1.36. The number of aliphatic hydroxyl groups excluding tert-OH is 1. The van der Waals surface area contributed by atoms with E-state index in [2.05, 4.69) is 29.2 Å². The van der Waals surface area contributed by atoms with E-state index < -0.39 is 6.10 Å². The third kappa shape index (κ3) is 4.23. The van der Waals surface area contributed by atoms with E-state index in [1.807, 2.05) is 35.2 Å². The Bertz CT molecular complexity index is 754. The minimum absolute atomic E-state index is 0.106. The van der Waals surface area contributed by atoms with E-state index in [1.54, 1.807) is 0 Å². The van der Waals surface area contributed by atoms with Crippen molar-refractivity contribution < 1.29 is 9.90 Å². The van der Waals surface area contributed by atoms with Gasteiger partial charge in [-0.15, -0.1) is 0 Å². The Morgan fingerprint density at radius 1 is 0.889 bits per heavy atom. The number of rotatable bonds is 4. The average molecular weight is 364 g/mol. The summed E-state index contributed by atoms with van der Waals surface area (Å²) in [6.07, 6.45) is 3.65. The third-order valence-electron chi connectivity index (χ3n) is 5.89. The number of hydrogen-bond acceptors (Lipinski definition) is 3. The van der Waals surface area contributed by atoms with Crippen molar-refractivity contribution in [2.45, 2.75) is 37.8 Å². The zero-order chi connectivity index (χ0) is 18.6. The zero-order valence-electron chi connectivity index (χ0n) is 15.8. The van der Waals surface area contributed by atoms with Crippen molar-refractivity contribution in [3.05, 3.63) is 60.2 Å². The summed E-state index contributed by atoms with van der Waals surface area (Å²) in [6, 6.07) is 18.6. The first kappa shape index (κ1) is 18.2. The average Bonchev–Trinajstić information content (AvgIpc) is 3.12. The molecule has 2 aromatic rings. The third-order valence-corrected chi connectivity index (χ3v) is 5.89. The maximum absolute atomic E-state index is 12.7. The lowest BCUT2D eigenvalue weighted by molar-refractivity contribution is -0.129. The number of likely N-dealkylation sites (tertiary alicyclic amines) is 2. The van der Waals surface area contributed by atoms with Crippen molar-refractivity contribution in [1.29, 1.82) is 0 Å². The molecule has 0 bridgehead atoms. The number of carbonyl (C=O) groups excluding carboxylic acids is 1. The minimum Gasteiger partial charge on any atom is -0.390 e. The van der Waals surface area contributed by atoms with Gasteiger partial charge in [-0.2, -0.15) is 0 Å². The smallest absolute Gasteiger partial charge is 0.227 e. The van der Waals surface area contributed by atoms with Gasteiger partial charge in [0.25, 0.3) is 0 Å². The molecule has 1 amide bonds. The van der Waals surface area contributed by atoms with E-state index >= 15 is 0 Å². The van der Waals surface area contributed by atoms with E-state index in [1.165, 1.54) is 24.8 Å². The highest BCUT2D eigenvalue weighted by atomic mass is 16.3. The summed E-state index contributed by atoms with van der Waals surface area (Å²) in [7, 11) is 0. The lowest BCUT2D eigenvalue weighted by Crippen LogP contribution is -2.46. The van der Waals surface area contributed by atoms with Gasteiger partial charge in [-0.1, -0.05) is 61.0 Å². The second-order valence-corrected chi connectivity index (χ2v) is 7.77. The van der Waals surface area contributed by atoms with Gasteiger partial charge < -0.3 is 10.0 Å². The molecule has 0 radical (unpaired) electrons. The largest absolute Gasteiger partial charge is 0.390 e. The van der Waals surface area contributed by atoms with Crippen molar-refractivity contribution >= 4 is 5.91 Å². The van der Waals surface area contributed by atoms with Gasteiger partial charge in [-0.3, -0.25) is 9.69 Å². The fraction of sp³-hybridized carbons (Fsp3) is 0.435. The first-order valence-electron chi connectivity index (χ1n) is 10.0. The van der Waals surface area contributed by atoms with Gasteiger partial charge in [0.15, 0.2) is 0 Å². The normalized spacial score (nSPS) is 23.5. The Labute approximate surface area is 161 Å². The van der Waals surface area contributed by atoms with Crippen LogP contribution in [0.1, 0.15) is 24.8 Å². The molecule has 2 atom stereocenters. The molecule has 0 aliphatic carbocycles. The molecule has 0 spiro atoms. The summed E-state index contributed by atoms with van der Waals surface area (Å²) in [5, 5.41) is 10.5. The number of hydrogen-bond donors (Lipinski definition) is 1. The predicted molar refractivity (Wildman–Crippen MR) is 107 cm³/mol. The van der Waals surface area contributed by atoms with Crippen LogP contribution in [0.4, 0.5) is 0 Å². The molecule has 4 nitrogen and oxygen atoms in total. The van der Waals surface area contributed by atoms with Gasteiger partial charge in [0, 0.05) is 13.1 Å². The lowest BCUT2D eigenvalue weighted by atomic mass is 10.0. The van der Waals surface area contributed by atoms with Crippen molar-refractivity contribution in [2.24, 2.45) is 0 Å². The van der Waals surface area contributed by atoms with Gasteiger partial charge in [-0.05, 0) is 42.6 Å². The lowest BCUT2D eigenvalue weighted by Gasteiger charge is -2.33. The number of nitrogens with zero attached hydrogens (tertiary/aromatic N) is 2. The van der Waals surface area contributed by atoms with Crippen LogP contribution in [-0.4, -0.2) is 59.1 Å². The zero-order valence-corrected chi connectivity index (χ0v) is 15.8. The van der Waals surface area contributed by atoms with Gasteiger partial charge >= 0.3 is 0 Å². The van der Waals surface area contributed by atoms with E-state index in [0.29, 0.717) is 19.5 Å². The number of β-amino-alcohol motifs (C(OH)–C–C–N with tert-alkyl or cyclic N) is 1. The number of piperidine rings is 1. The molecular weight excluding hydrogens is 336 g/mol. The topological polar surface area (TPSA) is 43.8 Å². The second-order valence-electron chi connectivity index (χ2n) is 7.77. The summed E-state index contributed by atoms with van der Waals surface area (Å²) in [4.78, 5) is 17.0. The fourth-order valence-electron chi connectivity index (χ4n) is 4.31. The molecule has 0 aromatic heterocycles. The van der Waals surface area contributed by atoms with Crippen LogP contribution in [-0.2, 0) is 11.2 Å². The molecule has 4 heteroatoms. The van der Waals surface area contributed by atoms with Crippen LogP contribution in [0.2, 0.25) is 0 Å². The highest BCUT2D eigenvalue weighted by Crippen LogP contribution is 2.23. The van der Waals surface area contributed by atoms with Gasteiger partial charge in [-0.25, -0.2) is 0 Å². The van der Waals surface area contributed by atoms with Gasteiger partial charge in [0.1, 0.15) is 0 Å². The van der Waals surface area contributed by atoms with E-state index in [-0.39, 0.29) is 11.9 Å². The molecule has 0 saturated carbocycles. The quantitative estimate of drug-likeness (QED) is 0.907. The minimum atomic E-state index is -0.424. The Kier molecular flexibility index (Phi) is 5.55. The molecular formula is C23H28N2O2. The van der Waals surface area contributed by atoms with Crippen molar-refractivity contribution in [2.75, 3.05) is 26.2 Å².